The molecule has 1 aliphatic rings. The molecular weight excluding hydrogens is 176 g/mol. The summed E-state index contributed by atoms with van der Waals surface area (Å²) >= 11 is 0. The molecular formula is C12H16O2. The van der Waals surface area contributed by atoms with Crippen molar-refractivity contribution in [2.24, 2.45) is 0 Å². The van der Waals surface area contributed by atoms with E-state index >= 15 is 0 Å². The Morgan fingerprint density at radius 2 is 2.07 bits per heavy atom. The first-order chi connectivity index (χ1) is 6.84. The van der Waals surface area contributed by atoms with Crippen LogP contribution < -0.4 is 4.74 Å². The average Bonchev–Trinajstić information content (AvgIpc) is 2.99. The van der Waals surface area contributed by atoms with E-state index in [-0.39, 0.29) is 0 Å². The topological polar surface area (TPSA) is 21.8 Å². The molecule has 0 saturated carbocycles. The van der Waals surface area contributed by atoms with Crippen LogP contribution in [-0.4, -0.2) is 19.3 Å². The maximum atomic E-state index is 5.58. The van der Waals surface area contributed by atoms with Crippen LogP contribution in [0.1, 0.15) is 18.4 Å². The first-order valence-electron chi connectivity index (χ1n) is 5.16. The Labute approximate surface area is 84.8 Å². The second kappa shape index (κ2) is 4.47. The van der Waals surface area contributed by atoms with E-state index < -0.39 is 0 Å². The van der Waals surface area contributed by atoms with Crippen molar-refractivity contribution in [1.82, 2.24) is 0 Å². The van der Waals surface area contributed by atoms with Gasteiger partial charge in [-0.25, -0.2) is 0 Å². The molecule has 0 spiro atoms. The van der Waals surface area contributed by atoms with Gasteiger partial charge in [0.1, 0.15) is 5.75 Å². The zero-order chi connectivity index (χ0) is 9.80. The lowest BCUT2D eigenvalue weighted by molar-refractivity contribution is 0.293. The van der Waals surface area contributed by atoms with Crippen LogP contribution in [0.15, 0.2) is 24.3 Å². The molecule has 14 heavy (non-hydrogen) atoms. The number of aryl methyl sites for hydroxylation is 1. The van der Waals surface area contributed by atoms with Crippen molar-refractivity contribution in [2.75, 3.05) is 13.2 Å². The first kappa shape index (κ1) is 9.53. The summed E-state index contributed by atoms with van der Waals surface area (Å²) in [6.45, 7) is 3.82. The molecule has 1 aromatic carbocycles. The molecule has 1 aliphatic heterocycles. The summed E-state index contributed by atoms with van der Waals surface area (Å²) < 4.78 is 10.7. The molecule has 2 nitrogen and oxygen atoms in total. The molecule has 1 unspecified atom stereocenters. The quantitative estimate of drug-likeness (QED) is 0.528. The Balaban J connectivity index is 1.66. The predicted octanol–water partition coefficient (Wildman–Crippen LogP) is 2.55. The van der Waals surface area contributed by atoms with Crippen LogP contribution in [0.5, 0.6) is 5.75 Å². The van der Waals surface area contributed by atoms with Crippen LogP contribution in [0, 0.1) is 6.92 Å². The fourth-order valence-electron chi connectivity index (χ4n) is 1.37. The molecule has 0 N–H and O–H groups in total. The first-order valence-corrected chi connectivity index (χ1v) is 5.16. The third-order valence-corrected chi connectivity index (χ3v) is 2.36. The van der Waals surface area contributed by atoms with Gasteiger partial charge in [0.2, 0.25) is 0 Å². The van der Waals surface area contributed by atoms with Gasteiger partial charge in [-0.15, -0.1) is 0 Å². The summed E-state index contributed by atoms with van der Waals surface area (Å²) in [4.78, 5) is 0. The summed E-state index contributed by atoms with van der Waals surface area (Å²) in [5.41, 5.74) is 1.27. The third kappa shape index (κ3) is 3.04. The minimum absolute atomic E-state index is 0.525. The van der Waals surface area contributed by atoms with Gasteiger partial charge in [-0.05, 0) is 31.9 Å². The maximum absolute atomic E-state index is 5.58. The molecule has 0 amide bonds. The molecule has 0 aliphatic carbocycles. The molecule has 1 atom stereocenters. The maximum Gasteiger partial charge on any atom is 0.119 e. The zero-order valence-electron chi connectivity index (χ0n) is 8.53. The van der Waals surface area contributed by atoms with E-state index in [1.165, 1.54) is 5.56 Å². The van der Waals surface area contributed by atoms with E-state index in [1.54, 1.807) is 0 Å². The van der Waals surface area contributed by atoms with Gasteiger partial charge < -0.3 is 9.47 Å². The predicted molar refractivity (Wildman–Crippen MR) is 55.6 cm³/mol. The van der Waals surface area contributed by atoms with Crippen molar-refractivity contribution in [1.29, 1.82) is 0 Å². The monoisotopic (exact) mass is 192 g/mol. The summed E-state index contributed by atoms with van der Waals surface area (Å²) in [6, 6.07) is 8.17. The van der Waals surface area contributed by atoms with Crippen molar-refractivity contribution in [2.45, 2.75) is 25.9 Å². The lowest BCUT2D eigenvalue weighted by Gasteiger charge is -2.05. The Morgan fingerprint density at radius 3 is 2.71 bits per heavy atom. The minimum Gasteiger partial charge on any atom is -0.494 e. The number of hydrogen-bond acceptors (Lipinski definition) is 2. The molecule has 2 heteroatoms. The fourth-order valence-corrected chi connectivity index (χ4v) is 1.37. The van der Waals surface area contributed by atoms with Gasteiger partial charge in [0.25, 0.3) is 0 Å². The van der Waals surface area contributed by atoms with Crippen molar-refractivity contribution in [3.05, 3.63) is 29.8 Å². The third-order valence-electron chi connectivity index (χ3n) is 2.36. The molecule has 0 bridgehead atoms. The van der Waals surface area contributed by atoms with E-state index in [1.807, 2.05) is 12.1 Å². The summed E-state index contributed by atoms with van der Waals surface area (Å²) in [6.07, 6.45) is 2.74. The highest BCUT2D eigenvalue weighted by atomic mass is 16.6. The van der Waals surface area contributed by atoms with Crippen molar-refractivity contribution >= 4 is 0 Å². The highest BCUT2D eigenvalue weighted by Crippen LogP contribution is 2.16. The van der Waals surface area contributed by atoms with E-state index in [9.17, 15) is 0 Å². The van der Waals surface area contributed by atoms with Gasteiger partial charge in [-0.3, -0.25) is 0 Å². The van der Waals surface area contributed by atoms with Gasteiger partial charge in [-0.1, -0.05) is 17.7 Å². The Kier molecular flexibility index (Phi) is 3.04. The number of epoxide rings is 1. The minimum atomic E-state index is 0.525. The molecule has 1 saturated heterocycles. The van der Waals surface area contributed by atoms with Crippen LogP contribution in [0.4, 0.5) is 0 Å². The van der Waals surface area contributed by atoms with Gasteiger partial charge in [0.05, 0.1) is 19.3 Å². The lowest BCUT2D eigenvalue weighted by Crippen LogP contribution is -1.99. The van der Waals surface area contributed by atoms with Crippen molar-refractivity contribution in [3.8, 4) is 5.75 Å². The molecule has 76 valence electrons. The summed E-state index contributed by atoms with van der Waals surface area (Å²) in [5, 5.41) is 0. The normalized spacial score (nSPS) is 19.4. The number of hydrogen-bond donors (Lipinski definition) is 0. The molecule has 1 aromatic rings. The molecule has 1 heterocycles. The fraction of sp³-hybridized carbons (Fsp3) is 0.500. The SMILES string of the molecule is Cc1ccc(OCCCC2CO2)cc1. The van der Waals surface area contributed by atoms with Crippen LogP contribution in [0.25, 0.3) is 0 Å². The number of benzene rings is 1. The average molecular weight is 192 g/mol. The largest absolute Gasteiger partial charge is 0.494 e. The van der Waals surface area contributed by atoms with E-state index in [0.29, 0.717) is 6.10 Å². The summed E-state index contributed by atoms with van der Waals surface area (Å²) in [7, 11) is 0. The van der Waals surface area contributed by atoms with E-state index in [2.05, 4.69) is 19.1 Å². The standard InChI is InChI=1S/C12H16O2/c1-10-4-6-11(7-5-10)13-8-2-3-12-9-14-12/h4-7,12H,2-3,8-9H2,1H3. The van der Waals surface area contributed by atoms with Crippen molar-refractivity contribution in [3.63, 3.8) is 0 Å². The van der Waals surface area contributed by atoms with E-state index in [4.69, 9.17) is 9.47 Å². The van der Waals surface area contributed by atoms with Gasteiger partial charge >= 0.3 is 0 Å². The Morgan fingerprint density at radius 1 is 1.36 bits per heavy atom. The number of ether oxygens (including phenoxy) is 2. The molecule has 0 radical (unpaired) electrons. The molecule has 0 aromatic heterocycles. The lowest BCUT2D eigenvalue weighted by atomic mass is 10.2. The van der Waals surface area contributed by atoms with Gasteiger partial charge in [0.15, 0.2) is 0 Å². The Hall–Kier alpha value is -1.02. The van der Waals surface area contributed by atoms with Gasteiger partial charge in [0, 0.05) is 0 Å². The molecule has 1 fully saturated rings. The Bertz CT molecular complexity index is 275. The van der Waals surface area contributed by atoms with Crippen molar-refractivity contribution < 1.29 is 9.47 Å². The van der Waals surface area contributed by atoms with Crippen LogP contribution in [-0.2, 0) is 4.74 Å². The second-order valence-electron chi connectivity index (χ2n) is 3.76. The number of rotatable bonds is 5. The highest BCUT2D eigenvalue weighted by Gasteiger charge is 2.21. The smallest absolute Gasteiger partial charge is 0.119 e. The van der Waals surface area contributed by atoms with Crippen LogP contribution in [0.3, 0.4) is 0 Å². The summed E-state index contributed by atoms with van der Waals surface area (Å²) in [5.74, 6) is 0.965. The highest BCUT2D eigenvalue weighted by molar-refractivity contribution is 5.26. The van der Waals surface area contributed by atoms with Gasteiger partial charge in [-0.2, -0.15) is 0 Å². The second-order valence-corrected chi connectivity index (χ2v) is 3.76. The van der Waals surface area contributed by atoms with Crippen LogP contribution in [0.2, 0.25) is 0 Å². The zero-order valence-corrected chi connectivity index (χ0v) is 8.53. The van der Waals surface area contributed by atoms with Crippen LogP contribution >= 0.6 is 0 Å². The van der Waals surface area contributed by atoms with E-state index in [0.717, 1.165) is 31.8 Å². The molecule has 2 rings (SSSR count).